The minimum absolute atomic E-state index is 0.0349. The van der Waals surface area contributed by atoms with Crippen LogP contribution in [0.2, 0.25) is 0 Å². The van der Waals surface area contributed by atoms with Crippen LogP contribution >= 0.6 is 0 Å². The molecule has 4 aliphatic rings. The van der Waals surface area contributed by atoms with Gasteiger partial charge in [-0.25, -0.2) is 0 Å². The van der Waals surface area contributed by atoms with Crippen LogP contribution in [0.15, 0.2) is 30.3 Å². The monoisotopic (exact) mass is 255 g/mol. The fraction of sp³-hybridized carbons (Fsp3) is 0.588. The van der Waals surface area contributed by atoms with Crippen molar-refractivity contribution in [3.8, 4) is 0 Å². The van der Waals surface area contributed by atoms with Crippen LogP contribution < -0.4 is 0 Å². The van der Waals surface area contributed by atoms with Gasteiger partial charge in [0.15, 0.2) is 0 Å². The lowest BCUT2D eigenvalue weighted by Gasteiger charge is -2.70. The average molecular weight is 255 g/mol. The summed E-state index contributed by atoms with van der Waals surface area (Å²) in [6, 6.07) is 10.8. The van der Waals surface area contributed by atoms with E-state index in [4.69, 9.17) is 0 Å². The summed E-state index contributed by atoms with van der Waals surface area (Å²) in [5, 5.41) is 0. The van der Waals surface area contributed by atoms with Crippen molar-refractivity contribution >= 4 is 5.91 Å². The van der Waals surface area contributed by atoms with Gasteiger partial charge in [-0.2, -0.15) is 0 Å². The highest BCUT2D eigenvalue weighted by molar-refractivity contribution is 5.87. The van der Waals surface area contributed by atoms with E-state index in [1.54, 1.807) is 0 Å². The van der Waals surface area contributed by atoms with Crippen molar-refractivity contribution < 1.29 is 4.79 Å². The van der Waals surface area contributed by atoms with Gasteiger partial charge < -0.3 is 4.90 Å². The third kappa shape index (κ3) is 1.52. The third-order valence-electron chi connectivity index (χ3n) is 5.51. The maximum Gasteiger partial charge on any atom is 0.228 e. The van der Waals surface area contributed by atoms with Crippen LogP contribution in [0, 0.1) is 5.41 Å². The summed E-state index contributed by atoms with van der Waals surface area (Å²) >= 11 is 0. The van der Waals surface area contributed by atoms with Gasteiger partial charge in [0.2, 0.25) is 5.91 Å². The van der Waals surface area contributed by atoms with Gasteiger partial charge in [0.25, 0.3) is 0 Å². The molecule has 2 nitrogen and oxygen atoms in total. The number of amides is 1. The molecule has 2 bridgehead atoms. The molecular weight excluding hydrogens is 234 g/mol. The van der Waals surface area contributed by atoms with E-state index in [9.17, 15) is 4.79 Å². The van der Waals surface area contributed by atoms with Crippen molar-refractivity contribution in [3.05, 3.63) is 35.9 Å². The summed E-state index contributed by atoms with van der Waals surface area (Å²) in [6.45, 7) is 2.00. The van der Waals surface area contributed by atoms with Crippen molar-refractivity contribution in [2.45, 2.75) is 43.9 Å². The second-order valence-electron chi connectivity index (χ2n) is 6.81. The third-order valence-corrected chi connectivity index (χ3v) is 5.51. The van der Waals surface area contributed by atoms with E-state index in [1.165, 1.54) is 24.8 Å². The van der Waals surface area contributed by atoms with E-state index in [2.05, 4.69) is 35.2 Å². The average Bonchev–Trinajstić information content (AvgIpc) is 2.38. The molecule has 3 aliphatic carbocycles. The Balaban J connectivity index is 1.46. The number of piperidine rings is 1. The molecule has 1 amide bonds. The molecule has 4 fully saturated rings. The minimum atomic E-state index is 0.0349. The molecular formula is C17H21NO. The molecule has 3 saturated carbocycles. The van der Waals surface area contributed by atoms with Crippen LogP contribution in [0.25, 0.3) is 0 Å². The number of rotatable bonds is 2. The maximum atomic E-state index is 12.6. The van der Waals surface area contributed by atoms with Gasteiger partial charge in [-0.3, -0.25) is 4.79 Å². The van der Waals surface area contributed by atoms with Crippen LogP contribution in [0.1, 0.15) is 44.1 Å². The first-order chi connectivity index (χ1) is 9.24. The largest absolute Gasteiger partial charge is 0.342 e. The standard InChI is InChI=1S/C17H21NO/c19-15(18-9-5-2-6-10-18)17-11-16(12-17,13-17)14-7-3-1-4-8-14/h1,3-4,7-8H,2,5-6,9-13H2. The van der Waals surface area contributed by atoms with Gasteiger partial charge in [-0.15, -0.1) is 0 Å². The Kier molecular flexibility index (Phi) is 2.33. The van der Waals surface area contributed by atoms with E-state index in [-0.39, 0.29) is 5.41 Å². The molecule has 0 radical (unpaired) electrons. The maximum absolute atomic E-state index is 12.6. The van der Waals surface area contributed by atoms with Gasteiger partial charge in [-0.05, 0) is 49.5 Å². The first-order valence-electron chi connectivity index (χ1n) is 7.59. The Morgan fingerprint density at radius 1 is 0.947 bits per heavy atom. The summed E-state index contributed by atoms with van der Waals surface area (Å²) < 4.78 is 0. The van der Waals surface area contributed by atoms with E-state index < -0.39 is 0 Å². The molecule has 0 unspecified atom stereocenters. The molecule has 1 aromatic carbocycles. The molecule has 0 spiro atoms. The summed E-state index contributed by atoms with van der Waals surface area (Å²) in [7, 11) is 0. The number of hydrogen-bond acceptors (Lipinski definition) is 1. The Bertz CT molecular complexity index is 481. The number of likely N-dealkylation sites (tertiary alicyclic amines) is 1. The zero-order valence-electron chi connectivity index (χ0n) is 11.4. The number of carbonyl (C=O) groups excluding carboxylic acids is 1. The van der Waals surface area contributed by atoms with E-state index in [0.717, 1.165) is 32.4 Å². The number of carbonyl (C=O) groups is 1. The molecule has 1 heterocycles. The minimum Gasteiger partial charge on any atom is -0.342 e. The molecule has 19 heavy (non-hydrogen) atoms. The lowest BCUT2D eigenvalue weighted by atomic mass is 9.33. The molecule has 2 heteroatoms. The predicted octanol–water partition coefficient (Wildman–Crippen LogP) is 3.12. The second kappa shape index (κ2) is 3.84. The SMILES string of the molecule is O=C(N1CCCCC1)C12CC(c3ccccc3)(C1)C2. The molecule has 0 N–H and O–H groups in total. The quantitative estimate of drug-likeness (QED) is 0.795. The predicted molar refractivity (Wildman–Crippen MR) is 74.8 cm³/mol. The Morgan fingerprint density at radius 3 is 2.21 bits per heavy atom. The lowest BCUT2D eigenvalue weighted by Crippen LogP contribution is -2.70. The van der Waals surface area contributed by atoms with Gasteiger partial charge >= 0.3 is 0 Å². The molecule has 1 aromatic rings. The van der Waals surface area contributed by atoms with Crippen LogP contribution in [0.5, 0.6) is 0 Å². The van der Waals surface area contributed by atoms with Crippen molar-refractivity contribution in [1.82, 2.24) is 4.90 Å². The fourth-order valence-corrected chi connectivity index (χ4v) is 4.55. The van der Waals surface area contributed by atoms with Crippen LogP contribution in [0.4, 0.5) is 0 Å². The van der Waals surface area contributed by atoms with Crippen LogP contribution in [-0.4, -0.2) is 23.9 Å². The Labute approximate surface area is 114 Å². The van der Waals surface area contributed by atoms with Gasteiger partial charge in [0.05, 0.1) is 5.41 Å². The van der Waals surface area contributed by atoms with Crippen molar-refractivity contribution in [2.24, 2.45) is 5.41 Å². The summed E-state index contributed by atoms with van der Waals surface area (Å²) in [5.41, 5.74) is 1.84. The highest BCUT2D eigenvalue weighted by Gasteiger charge is 2.72. The highest BCUT2D eigenvalue weighted by atomic mass is 16.2. The zero-order chi connectivity index (χ0) is 12.9. The smallest absolute Gasteiger partial charge is 0.228 e. The van der Waals surface area contributed by atoms with Gasteiger partial charge in [0, 0.05) is 13.1 Å². The molecule has 1 aliphatic heterocycles. The lowest BCUT2D eigenvalue weighted by molar-refractivity contribution is -0.188. The van der Waals surface area contributed by atoms with E-state index >= 15 is 0 Å². The molecule has 1 saturated heterocycles. The van der Waals surface area contributed by atoms with Gasteiger partial charge in [0.1, 0.15) is 0 Å². The number of hydrogen-bond donors (Lipinski definition) is 0. The van der Waals surface area contributed by atoms with Gasteiger partial charge in [-0.1, -0.05) is 30.3 Å². The number of nitrogens with zero attached hydrogens (tertiary/aromatic N) is 1. The summed E-state index contributed by atoms with van der Waals surface area (Å²) in [6.07, 6.45) is 6.99. The first kappa shape index (κ1) is 11.5. The van der Waals surface area contributed by atoms with Crippen LogP contribution in [0.3, 0.4) is 0 Å². The van der Waals surface area contributed by atoms with E-state index in [0.29, 0.717) is 11.3 Å². The molecule has 100 valence electrons. The first-order valence-corrected chi connectivity index (χ1v) is 7.59. The topological polar surface area (TPSA) is 20.3 Å². The van der Waals surface area contributed by atoms with Crippen molar-refractivity contribution in [3.63, 3.8) is 0 Å². The van der Waals surface area contributed by atoms with E-state index in [1.807, 2.05) is 0 Å². The van der Waals surface area contributed by atoms with Crippen LogP contribution in [-0.2, 0) is 10.2 Å². The highest BCUT2D eigenvalue weighted by Crippen LogP contribution is 2.74. The molecule has 0 atom stereocenters. The summed E-state index contributed by atoms with van der Waals surface area (Å²) in [5.74, 6) is 0.463. The Hall–Kier alpha value is -1.31. The normalized spacial score (nSPS) is 36.3. The summed E-state index contributed by atoms with van der Waals surface area (Å²) in [4.78, 5) is 14.8. The molecule has 0 aromatic heterocycles. The zero-order valence-corrected chi connectivity index (χ0v) is 11.4. The fourth-order valence-electron chi connectivity index (χ4n) is 4.55. The van der Waals surface area contributed by atoms with Crippen molar-refractivity contribution in [2.75, 3.05) is 13.1 Å². The Morgan fingerprint density at radius 2 is 1.58 bits per heavy atom. The number of benzene rings is 1. The molecule has 5 rings (SSSR count). The van der Waals surface area contributed by atoms with Crippen molar-refractivity contribution in [1.29, 1.82) is 0 Å². The second-order valence-corrected chi connectivity index (χ2v) is 6.81.